The third-order valence-electron chi connectivity index (χ3n) is 3.69. The fourth-order valence-electron chi connectivity index (χ4n) is 2.32. The summed E-state index contributed by atoms with van der Waals surface area (Å²) in [5, 5.41) is 8.33. The predicted molar refractivity (Wildman–Crippen MR) is 130 cm³/mol. The molecule has 1 aromatic carbocycles. The Morgan fingerprint density at radius 2 is 1.85 bits per heavy atom. The van der Waals surface area contributed by atoms with E-state index in [1.807, 2.05) is 6.92 Å². The van der Waals surface area contributed by atoms with E-state index in [9.17, 15) is 22.8 Å². The van der Waals surface area contributed by atoms with Crippen LogP contribution in [-0.4, -0.2) is 28.1 Å². The van der Waals surface area contributed by atoms with Gasteiger partial charge in [-0.15, -0.1) is 6.58 Å². The maximum atomic E-state index is 13.1. The van der Waals surface area contributed by atoms with E-state index in [0.717, 1.165) is 0 Å². The zero-order chi connectivity index (χ0) is 25.5. The third kappa shape index (κ3) is 7.61. The molecule has 0 spiro atoms. The molecule has 1 heterocycles. The minimum Gasteiger partial charge on any atom is -0.383 e. The van der Waals surface area contributed by atoms with Gasteiger partial charge < -0.3 is 16.4 Å². The molecule has 7 nitrogen and oxygen atoms in total. The zero-order valence-corrected chi connectivity index (χ0v) is 21.7. The number of halogens is 6. The van der Waals surface area contributed by atoms with Gasteiger partial charge in [0.25, 0.3) is 11.8 Å². The molecule has 33 heavy (non-hydrogen) atoms. The summed E-state index contributed by atoms with van der Waals surface area (Å²) in [6.07, 6.45) is -3.06. The molecule has 0 saturated carbocycles. The highest BCUT2D eigenvalue weighted by Gasteiger charge is 2.36. The number of benzene rings is 1. The van der Waals surface area contributed by atoms with Crippen molar-refractivity contribution in [2.24, 2.45) is 5.73 Å². The van der Waals surface area contributed by atoms with Crippen molar-refractivity contribution in [3.05, 3.63) is 61.8 Å². The first-order chi connectivity index (χ1) is 15.3. The molecule has 0 fully saturated rings. The number of carbonyl (C=O) groups excluding carboxylic acids is 2. The molecular formula is C20H21Br2ClF3N5O2. The van der Waals surface area contributed by atoms with E-state index in [-0.39, 0.29) is 22.1 Å². The number of hydrogen-bond acceptors (Lipinski definition) is 4. The van der Waals surface area contributed by atoms with Crippen molar-refractivity contribution in [1.82, 2.24) is 15.1 Å². The molecule has 0 aliphatic heterocycles. The third-order valence-corrected chi connectivity index (χ3v) is 4.97. The van der Waals surface area contributed by atoms with Gasteiger partial charge >= 0.3 is 6.18 Å². The lowest BCUT2D eigenvalue weighted by atomic mass is 10.1. The number of hydrogen-bond donors (Lipinski definition) is 3. The number of rotatable bonds is 5. The van der Waals surface area contributed by atoms with Gasteiger partial charge in [-0.2, -0.15) is 18.3 Å². The fraction of sp³-hybridized carbons (Fsp3) is 0.250. The summed E-state index contributed by atoms with van der Waals surface area (Å²) in [7, 11) is 0. The number of nitrogens with zero attached hydrogens (tertiary/aromatic N) is 2. The van der Waals surface area contributed by atoms with E-state index in [2.05, 4.69) is 54.2 Å². The number of anilines is 1. The summed E-state index contributed by atoms with van der Waals surface area (Å²) in [5.41, 5.74) is 4.02. The molecule has 0 aliphatic carbocycles. The van der Waals surface area contributed by atoms with Gasteiger partial charge in [-0.25, -0.2) is 4.68 Å². The van der Waals surface area contributed by atoms with E-state index in [1.165, 1.54) is 13.0 Å². The van der Waals surface area contributed by atoms with Crippen molar-refractivity contribution >= 4 is 66.8 Å². The molecule has 2 amide bonds. The van der Waals surface area contributed by atoms with Crippen LogP contribution in [0.5, 0.6) is 0 Å². The molecule has 2 aromatic rings. The molecule has 0 radical (unpaired) electrons. The van der Waals surface area contributed by atoms with E-state index >= 15 is 0 Å². The fourth-order valence-corrected chi connectivity index (χ4v) is 3.73. The molecule has 0 atom stereocenters. The van der Waals surface area contributed by atoms with Crippen LogP contribution in [0.15, 0.2) is 44.8 Å². The zero-order valence-electron chi connectivity index (χ0n) is 17.8. The highest BCUT2D eigenvalue weighted by atomic mass is 79.9. The molecular weight excluding hydrogens is 595 g/mol. The first-order valence-corrected chi connectivity index (χ1v) is 11.2. The Morgan fingerprint density at radius 3 is 2.33 bits per heavy atom. The molecule has 0 unspecified atom stereocenters. The van der Waals surface area contributed by atoms with Crippen LogP contribution in [0.3, 0.4) is 0 Å². The second-order valence-electron chi connectivity index (χ2n) is 6.28. The number of nitrogens with two attached hydrogens (primary N) is 1. The lowest BCUT2D eigenvalue weighted by molar-refractivity contribution is -0.141. The summed E-state index contributed by atoms with van der Waals surface area (Å²) in [4.78, 5) is 25.2. The number of aromatic nitrogens is 2. The largest absolute Gasteiger partial charge is 0.435 e. The molecule has 1 aromatic heterocycles. The smallest absolute Gasteiger partial charge is 0.383 e. The molecule has 2 rings (SSSR count). The van der Waals surface area contributed by atoms with Crippen LogP contribution in [0.25, 0.3) is 5.82 Å². The van der Waals surface area contributed by atoms with Gasteiger partial charge in [-0.3, -0.25) is 9.59 Å². The Bertz CT molecular complexity index is 1080. The number of allylic oxidation sites excluding steroid dienone is 2. The number of alkyl halides is 3. The van der Waals surface area contributed by atoms with Crippen LogP contribution in [-0.2, 0) is 6.18 Å². The maximum absolute atomic E-state index is 13.1. The molecule has 0 aliphatic rings. The van der Waals surface area contributed by atoms with E-state index in [0.29, 0.717) is 26.2 Å². The van der Waals surface area contributed by atoms with Gasteiger partial charge in [-0.1, -0.05) is 33.6 Å². The number of carbonyl (C=O) groups is 2. The second-order valence-corrected chi connectivity index (χ2v) is 8.61. The lowest BCUT2D eigenvalue weighted by Crippen LogP contribution is -2.26. The molecule has 0 saturated heterocycles. The van der Waals surface area contributed by atoms with Gasteiger partial charge in [0.15, 0.2) is 5.69 Å². The highest BCUT2D eigenvalue weighted by Crippen LogP contribution is 2.33. The quantitative estimate of drug-likeness (QED) is 0.361. The minimum atomic E-state index is -4.81. The first-order valence-electron chi connectivity index (χ1n) is 9.23. The number of amides is 2. The van der Waals surface area contributed by atoms with Crippen molar-refractivity contribution in [3.63, 3.8) is 0 Å². The van der Waals surface area contributed by atoms with Crippen LogP contribution in [0, 0.1) is 0 Å². The van der Waals surface area contributed by atoms with Gasteiger partial charge in [0.1, 0.15) is 11.5 Å². The lowest BCUT2D eigenvalue weighted by Gasteiger charge is -2.14. The summed E-state index contributed by atoms with van der Waals surface area (Å²) in [6, 6.07) is 3.56. The van der Waals surface area contributed by atoms with Crippen molar-refractivity contribution in [2.45, 2.75) is 26.9 Å². The topological polar surface area (TPSA) is 102 Å². The van der Waals surface area contributed by atoms with Crippen LogP contribution < -0.4 is 16.4 Å². The van der Waals surface area contributed by atoms with Crippen molar-refractivity contribution in [3.8, 4) is 0 Å². The Balaban J connectivity index is 0.00000172. The maximum Gasteiger partial charge on any atom is 0.435 e. The molecule has 180 valence electrons. The average molecular weight is 616 g/mol. The average Bonchev–Trinajstić information content (AvgIpc) is 3.15. The van der Waals surface area contributed by atoms with E-state index in [1.54, 1.807) is 19.1 Å². The Hall–Kier alpha value is -2.31. The van der Waals surface area contributed by atoms with Crippen molar-refractivity contribution in [1.29, 1.82) is 0 Å². The van der Waals surface area contributed by atoms with Crippen molar-refractivity contribution < 1.29 is 22.8 Å². The molecule has 4 N–H and O–H groups in total. The van der Waals surface area contributed by atoms with E-state index in [4.69, 9.17) is 17.3 Å². The van der Waals surface area contributed by atoms with Crippen molar-refractivity contribution in [2.75, 3.05) is 11.9 Å². The van der Waals surface area contributed by atoms with Crippen LogP contribution in [0.4, 0.5) is 18.9 Å². The van der Waals surface area contributed by atoms with Crippen LogP contribution >= 0.6 is 43.5 Å². The predicted octanol–water partition coefficient (Wildman–Crippen LogP) is 5.96. The van der Waals surface area contributed by atoms with Gasteiger partial charge in [0, 0.05) is 21.6 Å². The molecule has 0 bridgehead atoms. The second kappa shape index (κ2) is 12.2. The summed E-state index contributed by atoms with van der Waals surface area (Å²) >= 11 is 12.3. The normalized spacial score (nSPS) is 11.7. The first kappa shape index (κ1) is 28.7. The number of nitrogens with one attached hydrogen (secondary N) is 2. The van der Waals surface area contributed by atoms with Crippen LogP contribution in [0.2, 0.25) is 0 Å². The monoisotopic (exact) mass is 613 g/mol. The minimum absolute atomic E-state index is 0.0561. The Labute approximate surface area is 210 Å². The van der Waals surface area contributed by atoms with Gasteiger partial charge in [-0.05, 0) is 48.8 Å². The SMILES string of the molecule is C=CC.CCNC(=O)c1cc(Br)cc(Br)c1NC(=O)c1cc(C(F)(F)F)nn1/C(N)=C(/C)Cl. The summed E-state index contributed by atoms with van der Waals surface area (Å²) < 4.78 is 40.9. The molecule has 13 heteroatoms. The van der Waals surface area contributed by atoms with Gasteiger partial charge in [0.2, 0.25) is 0 Å². The summed E-state index contributed by atoms with van der Waals surface area (Å²) in [6.45, 7) is 8.63. The Kier molecular flexibility index (Phi) is 10.7. The van der Waals surface area contributed by atoms with E-state index < -0.39 is 29.4 Å². The Morgan fingerprint density at radius 1 is 1.27 bits per heavy atom. The summed E-state index contributed by atoms with van der Waals surface area (Å²) in [5.74, 6) is -1.82. The standard InChI is InChI=1S/C17H15Br2ClF3N5O2.C3H6/c1-3-25-15(29)9-4-8(18)5-10(19)13(9)26-16(30)11-6-12(17(21,22)23)27-28(11)14(24)7(2)20;1-3-2/h4-6H,3,24H2,1-2H3,(H,25,29)(H,26,30);3H,1H2,2H3/b14-7-;. The van der Waals surface area contributed by atoms with Crippen LogP contribution in [0.1, 0.15) is 47.3 Å². The highest BCUT2D eigenvalue weighted by molar-refractivity contribution is 9.11. The van der Waals surface area contributed by atoms with Gasteiger partial charge in [0.05, 0.1) is 16.3 Å².